The predicted octanol–water partition coefficient (Wildman–Crippen LogP) is 3.55. The molecular formula is C26H28N4O5. The number of rotatable bonds is 7. The van der Waals surface area contributed by atoms with Crippen LogP contribution in [-0.4, -0.2) is 59.0 Å². The van der Waals surface area contributed by atoms with E-state index in [9.17, 15) is 9.59 Å². The fourth-order valence-electron chi connectivity index (χ4n) is 5.00. The van der Waals surface area contributed by atoms with Crippen LogP contribution in [-0.2, 0) is 21.5 Å². The third kappa shape index (κ3) is 4.64. The number of nitrogens with zero attached hydrogens (tertiary/aromatic N) is 3. The molecule has 5 rings (SSSR count). The minimum atomic E-state index is -0.935. The van der Waals surface area contributed by atoms with E-state index in [1.165, 1.54) is 11.1 Å². The first-order chi connectivity index (χ1) is 16.9. The van der Waals surface area contributed by atoms with Crippen LogP contribution in [0.15, 0.2) is 53.1 Å². The smallest absolute Gasteiger partial charge is 0.407 e. The van der Waals surface area contributed by atoms with Gasteiger partial charge in [0.1, 0.15) is 12.1 Å². The molecule has 35 heavy (non-hydrogen) atoms. The van der Waals surface area contributed by atoms with Crippen LogP contribution < -0.4 is 5.32 Å². The summed E-state index contributed by atoms with van der Waals surface area (Å²) in [6.45, 7) is 1.69. The Kier molecular flexibility index (Phi) is 6.25. The lowest BCUT2D eigenvalue weighted by Crippen LogP contribution is -2.53. The Morgan fingerprint density at radius 2 is 1.74 bits per heavy atom. The molecule has 1 aromatic heterocycles. The highest BCUT2D eigenvalue weighted by Crippen LogP contribution is 2.44. The van der Waals surface area contributed by atoms with Gasteiger partial charge in [0, 0.05) is 25.4 Å². The predicted molar refractivity (Wildman–Crippen MR) is 127 cm³/mol. The molecule has 9 nitrogen and oxygen atoms in total. The maximum atomic E-state index is 13.1. The number of carboxylic acid groups (broad SMARTS) is 1. The third-order valence-electron chi connectivity index (χ3n) is 6.97. The minimum Gasteiger partial charge on any atom is -0.481 e. The summed E-state index contributed by atoms with van der Waals surface area (Å²) in [5.74, 6) is -0.362. The van der Waals surface area contributed by atoms with Gasteiger partial charge in [0.25, 0.3) is 0 Å². The second kappa shape index (κ2) is 9.50. The number of benzene rings is 2. The Labute approximate surface area is 203 Å². The van der Waals surface area contributed by atoms with Gasteiger partial charge in [-0.2, -0.15) is 4.98 Å². The number of piperidine rings is 1. The number of amides is 1. The Balaban J connectivity index is 1.31. The highest BCUT2D eigenvalue weighted by molar-refractivity contribution is 5.79. The molecule has 0 unspecified atom stereocenters. The molecule has 3 aromatic rings. The number of aryl methyl sites for hydroxylation is 1. The van der Waals surface area contributed by atoms with Crippen LogP contribution in [0.4, 0.5) is 4.79 Å². The van der Waals surface area contributed by atoms with Gasteiger partial charge >= 0.3 is 12.1 Å². The van der Waals surface area contributed by atoms with E-state index in [-0.39, 0.29) is 31.3 Å². The molecule has 1 saturated heterocycles. The number of ether oxygens (including phenoxy) is 1. The monoisotopic (exact) mass is 476 g/mol. The molecule has 0 radical (unpaired) electrons. The fraction of sp³-hybridized carbons (Fsp3) is 0.385. The van der Waals surface area contributed by atoms with Crippen LogP contribution in [0.3, 0.4) is 0 Å². The molecule has 9 heteroatoms. The Hall–Kier alpha value is -3.72. The van der Waals surface area contributed by atoms with Crippen LogP contribution in [0.5, 0.6) is 0 Å². The number of carbonyl (C=O) groups excluding carboxylic acids is 1. The zero-order valence-corrected chi connectivity index (χ0v) is 19.6. The molecule has 1 fully saturated rings. The SMILES string of the molecule is CN1CCC(NC(=O)OCC2c3ccccc3-c3ccccc32)(c2noc(CCC(=O)O)n2)CC1. The number of nitrogens with one attached hydrogen (secondary N) is 1. The average molecular weight is 477 g/mol. The standard InChI is InChI=1S/C26H28N4O5/c1-30-14-12-26(13-15-30,24-27-22(35-29-24)10-11-23(31)32)28-25(33)34-16-21-19-8-4-2-6-17(19)18-7-3-5-9-20(18)21/h2-9,21H,10-16H2,1H3,(H,28,33)(H,31,32). The molecule has 1 amide bonds. The number of hydrogen-bond acceptors (Lipinski definition) is 7. The third-order valence-corrected chi connectivity index (χ3v) is 6.97. The van der Waals surface area contributed by atoms with Crippen LogP contribution >= 0.6 is 0 Å². The van der Waals surface area contributed by atoms with Crippen molar-refractivity contribution in [2.75, 3.05) is 26.7 Å². The summed E-state index contributed by atoms with van der Waals surface area (Å²) in [7, 11) is 2.02. The summed E-state index contributed by atoms with van der Waals surface area (Å²) in [5, 5.41) is 16.1. The summed E-state index contributed by atoms with van der Waals surface area (Å²) in [5.41, 5.74) is 3.81. The number of aromatic nitrogens is 2. The minimum absolute atomic E-state index is 0.0330. The van der Waals surface area contributed by atoms with Crippen molar-refractivity contribution in [2.45, 2.75) is 37.1 Å². The van der Waals surface area contributed by atoms with E-state index in [1.807, 2.05) is 31.3 Å². The average Bonchev–Trinajstić information content (AvgIpc) is 3.47. The van der Waals surface area contributed by atoms with E-state index >= 15 is 0 Å². The molecule has 0 bridgehead atoms. The van der Waals surface area contributed by atoms with Crippen molar-refractivity contribution in [2.24, 2.45) is 0 Å². The van der Waals surface area contributed by atoms with Crippen molar-refractivity contribution in [1.29, 1.82) is 0 Å². The number of carbonyl (C=O) groups is 2. The molecule has 1 aliphatic carbocycles. The van der Waals surface area contributed by atoms with Crippen molar-refractivity contribution in [1.82, 2.24) is 20.4 Å². The summed E-state index contributed by atoms with van der Waals surface area (Å²) >= 11 is 0. The number of alkyl carbamates (subject to hydrolysis) is 1. The van der Waals surface area contributed by atoms with Crippen molar-refractivity contribution in [3.05, 3.63) is 71.4 Å². The summed E-state index contributed by atoms with van der Waals surface area (Å²) in [4.78, 5) is 30.5. The van der Waals surface area contributed by atoms with Crippen molar-refractivity contribution in [3.63, 3.8) is 0 Å². The lowest BCUT2D eigenvalue weighted by Gasteiger charge is -2.38. The number of fused-ring (bicyclic) bond motifs is 3. The molecular weight excluding hydrogens is 448 g/mol. The summed E-state index contributed by atoms with van der Waals surface area (Å²) in [6, 6.07) is 16.4. The Morgan fingerprint density at radius 1 is 1.11 bits per heavy atom. The van der Waals surface area contributed by atoms with Gasteiger partial charge in [-0.1, -0.05) is 53.7 Å². The van der Waals surface area contributed by atoms with E-state index in [1.54, 1.807) is 0 Å². The Morgan fingerprint density at radius 3 is 2.37 bits per heavy atom. The molecule has 0 spiro atoms. The van der Waals surface area contributed by atoms with Gasteiger partial charge < -0.3 is 24.6 Å². The van der Waals surface area contributed by atoms with Crippen molar-refractivity contribution >= 4 is 12.1 Å². The van der Waals surface area contributed by atoms with E-state index in [2.05, 4.69) is 44.6 Å². The first-order valence-corrected chi connectivity index (χ1v) is 11.8. The molecule has 182 valence electrons. The van der Waals surface area contributed by atoms with Gasteiger partial charge in [-0.3, -0.25) is 4.79 Å². The molecule has 0 saturated carbocycles. The lowest BCUT2D eigenvalue weighted by atomic mass is 9.87. The number of likely N-dealkylation sites (tertiary alicyclic amines) is 1. The highest BCUT2D eigenvalue weighted by Gasteiger charge is 2.42. The van der Waals surface area contributed by atoms with Crippen molar-refractivity contribution < 1.29 is 24.0 Å². The number of carboxylic acids is 1. The van der Waals surface area contributed by atoms with Gasteiger partial charge in [0.2, 0.25) is 5.89 Å². The molecule has 2 N–H and O–H groups in total. The zero-order valence-electron chi connectivity index (χ0n) is 19.6. The fourth-order valence-corrected chi connectivity index (χ4v) is 5.00. The molecule has 1 aliphatic heterocycles. The van der Waals surface area contributed by atoms with Gasteiger partial charge in [-0.05, 0) is 42.1 Å². The molecule has 2 heterocycles. The van der Waals surface area contributed by atoms with Crippen LogP contribution in [0, 0.1) is 0 Å². The zero-order chi connectivity index (χ0) is 24.4. The van der Waals surface area contributed by atoms with Crippen LogP contribution in [0.1, 0.15) is 48.0 Å². The quantitative estimate of drug-likeness (QED) is 0.532. The Bertz CT molecular complexity index is 1190. The second-order valence-electron chi connectivity index (χ2n) is 9.24. The lowest BCUT2D eigenvalue weighted by molar-refractivity contribution is -0.137. The second-order valence-corrected chi connectivity index (χ2v) is 9.24. The van der Waals surface area contributed by atoms with Crippen LogP contribution in [0.25, 0.3) is 11.1 Å². The first-order valence-electron chi connectivity index (χ1n) is 11.8. The topological polar surface area (TPSA) is 118 Å². The van der Waals surface area contributed by atoms with E-state index in [0.717, 1.165) is 24.2 Å². The van der Waals surface area contributed by atoms with E-state index < -0.39 is 17.6 Å². The van der Waals surface area contributed by atoms with Gasteiger partial charge in [-0.25, -0.2) is 4.79 Å². The van der Waals surface area contributed by atoms with Gasteiger partial charge in [0.05, 0.1) is 6.42 Å². The number of aliphatic carboxylic acids is 1. The number of hydrogen-bond donors (Lipinski definition) is 2. The summed E-state index contributed by atoms with van der Waals surface area (Å²) < 4.78 is 11.1. The van der Waals surface area contributed by atoms with Crippen molar-refractivity contribution in [3.8, 4) is 11.1 Å². The maximum Gasteiger partial charge on any atom is 0.407 e. The molecule has 0 atom stereocenters. The maximum absolute atomic E-state index is 13.1. The normalized spacial score (nSPS) is 16.9. The molecule has 2 aliphatic rings. The van der Waals surface area contributed by atoms with E-state index in [0.29, 0.717) is 18.7 Å². The largest absolute Gasteiger partial charge is 0.481 e. The van der Waals surface area contributed by atoms with E-state index in [4.69, 9.17) is 14.4 Å². The molecule has 2 aromatic carbocycles. The van der Waals surface area contributed by atoms with Gasteiger partial charge in [0.15, 0.2) is 5.82 Å². The first kappa shape index (κ1) is 23.0. The van der Waals surface area contributed by atoms with Crippen LogP contribution in [0.2, 0.25) is 0 Å². The van der Waals surface area contributed by atoms with Gasteiger partial charge in [-0.15, -0.1) is 0 Å². The highest BCUT2D eigenvalue weighted by atomic mass is 16.5. The summed E-state index contributed by atoms with van der Waals surface area (Å²) in [6.07, 6.45) is 0.686.